The predicted octanol–water partition coefficient (Wildman–Crippen LogP) is 3.04. The van der Waals surface area contributed by atoms with Crippen molar-refractivity contribution in [2.75, 3.05) is 13.1 Å². The molecule has 2 rings (SSSR count). The lowest BCUT2D eigenvalue weighted by molar-refractivity contribution is 0.840. The Balaban J connectivity index is 0.00000242. The van der Waals surface area contributed by atoms with Crippen LogP contribution in [0.1, 0.15) is 11.3 Å². The van der Waals surface area contributed by atoms with Crippen molar-refractivity contribution < 1.29 is 0 Å². The van der Waals surface area contributed by atoms with Crippen LogP contribution < -0.4 is 11.1 Å². The van der Waals surface area contributed by atoms with E-state index in [9.17, 15) is 0 Å². The second-order valence-electron chi connectivity index (χ2n) is 4.64. The van der Waals surface area contributed by atoms with E-state index < -0.39 is 0 Å². The van der Waals surface area contributed by atoms with Crippen LogP contribution in [0, 0.1) is 0 Å². The first kappa shape index (κ1) is 18.7. The molecule has 3 N–H and O–H groups in total. The van der Waals surface area contributed by atoms with E-state index in [1.165, 1.54) is 5.56 Å². The zero-order chi connectivity index (χ0) is 14.9. The Labute approximate surface area is 153 Å². The van der Waals surface area contributed by atoms with Gasteiger partial charge in [-0.3, -0.25) is 9.98 Å². The summed E-state index contributed by atoms with van der Waals surface area (Å²) in [6.45, 7) is 1.37. The molecule has 0 atom stereocenters. The summed E-state index contributed by atoms with van der Waals surface area (Å²) >= 11 is 5.94. The van der Waals surface area contributed by atoms with Crippen LogP contribution in [0.15, 0.2) is 53.7 Å². The summed E-state index contributed by atoms with van der Waals surface area (Å²) in [6, 6.07) is 13.7. The molecule has 1 aromatic carbocycles. The summed E-state index contributed by atoms with van der Waals surface area (Å²) in [5.74, 6) is 0.466. The van der Waals surface area contributed by atoms with Gasteiger partial charge in [0, 0.05) is 36.4 Å². The summed E-state index contributed by atoms with van der Waals surface area (Å²) in [5, 5.41) is 3.86. The monoisotopic (exact) mass is 430 g/mol. The highest BCUT2D eigenvalue weighted by Gasteiger charge is 1.96. The van der Waals surface area contributed by atoms with Crippen LogP contribution in [0.2, 0.25) is 5.02 Å². The highest BCUT2D eigenvalue weighted by Crippen LogP contribution is 2.10. The van der Waals surface area contributed by atoms with Crippen LogP contribution in [0.3, 0.4) is 0 Å². The Bertz CT molecular complexity index is 590. The Morgan fingerprint density at radius 1 is 1.18 bits per heavy atom. The molecule has 0 aliphatic rings. The Morgan fingerprint density at radius 2 is 2.05 bits per heavy atom. The maximum atomic E-state index is 5.94. The maximum Gasteiger partial charge on any atom is 0.188 e. The number of benzene rings is 1. The summed E-state index contributed by atoms with van der Waals surface area (Å²) in [6.07, 6.45) is 3.43. The molecule has 22 heavy (non-hydrogen) atoms. The summed E-state index contributed by atoms with van der Waals surface area (Å²) in [4.78, 5) is 8.53. The third-order valence-electron chi connectivity index (χ3n) is 2.99. The fourth-order valence-corrected chi connectivity index (χ4v) is 2.13. The number of nitrogens with two attached hydrogens (primary N) is 1. The standard InChI is InChI=1S/C16H19ClN4.HI/c17-14-5-3-4-13(12-14)7-10-20-16(18)21-11-8-15-6-1-2-9-19-15;/h1-6,9,12H,7-8,10-11H2,(H3,18,20,21);1H. The minimum Gasteiger partial charge on any atom is -0.370 e. The molecule has 6 heteroatoms. The van der Waals surface area contributed by atoms with E-state index in [2.05, 4.69) is 15.3 Å². The highest BCUT2D eigenvalue weighted by molar-refractivity contribution is 14.0. The molecule has 1 heterocycles. The van der Waals surface area contributed by atoms with Gasteiger partial charge in [0.25, 0.3) is 0 Å². The molecule has 4 nitrogen and oxygen atoms in total. The Kier molecular flexibility index (Phi) is 8.84. The molecular formula is C16H20ClIN4. The second kappa shape index (κ2) is 10.4. The molecule has 118 valence electrons. The van der Waals surface area contributed by atoms with E-state index in [0.717, 1.165) is 30.1 Å². The number of hydrogen-bond donors (Lipinski definition) is 2. The van der Waals surface area contributed by atoms with Gasteiger partial charge in [0.05, 0.1) is 0 Å². The lowest BCUT2D eigenvalue weighted by Gasteiger charge is -2.06. The SMILES string of the molecule is I.NC(=NCCc1ccccn1)NCCc1cccc(Cl)c1. The number of halogens is 2. The number of nitrogens with zero attached hydrogens (tertiary/aromatic N) is 2. The van der Waals surface area contributed by atoms with Gasteiger partial charge in [-0.25, -0.2) is 0 Å². The lowest BCUT2D eigenvalue weighted by Crippen LogP contribution is -2.33. The first-order valence-corrected chi connectivity index (χ1v) is 7.30. The number of aliphatic imine (C=N–C) groups is 1. The molecule has 0 aliphatic heterocycles. The van der Waals surface area contributed by atoms with Crippen LogP contribution in [0.5, 0.6) is 0 Å². The Hall–Kier alpha value is -1.34. The van der Waals surface area contributed by atoms with Crippen molar-refractivity contribution in [3.05, 3.63) is 64.9 Å². The molecule has 0 amide bonds. The predicted molar refractivity (Wildman–Crippen MR) is 103 cm³/mol. The van der Waals surface area contributed by atoms with E-state index in [-0.39, 0.29) is 24.0 Å². The van der Waals surface area contributed by atoms with E-state index in [1.54, 1.807) is 6.20 Å². The highest BCUT2D eigenvalue weighted by atomic mass is 127. The van der Waals surface area contributed by atoms with Gasteiger partial charge in [-0.1, -0.05) is 29.8 Å². The van der Waals surface area contributed by atoms with Crippen molar-refractivity contribution in [2.24, 2.45) is 10.7 Å². The summed E-state index contributed by atoms with van der Waals surface area (Å²) < 4.78 is 0. The lowest BCUT2D eigenvalue weighted by atomic mass is 10.1. The normalized spacial score (nSPS) is 10.9. The van der Waals surface area contributed by atoms with Gasteiger partial charge in [0.15, 0.2) is 5.96 Å². The van der Waals surface area contributed by atoms with Crippen molar-refractivity contribution in [1.29, 1.82) is 0 Å². The Morgan fingerprint density at radius 3 is 2.77 bits per heavy atom. The molecule has 1 aromatic heterocycles. The molecule has 0 bridgehead atoms. The van der Waals surface area contributed by atoms with Crippen LogP contribution in [0.25, 0.3) is 0 Å². The fourth-order valence-electron chi connectivity index (χ4n) is 1.92. The number of aromatic nitrogens is 1. The van der Waals surface area contributed by atoms with Crippen molar-refractivity contribution in [2.45, 2.75) is 12.8 Å². The summed E-state index contributed by atoms with van der Waals surface area (Å²) in [5.41, 5.74) is 8.02. The van der Waals surface area contributed by atoms with Gasteiger partial charge in [-0.2, -0.15) is 0 Å². The van der Waals surface area contributed by atoms with Crippen LogP contribution in [-0.2, 0) is 12.8 Å². The van der Waals surface area contributed by atoms with Gasteiger partial charge in [-0.15, -0.1) is 24.0 Å². The van der Waals surface area contributed by atoms with Crippen molar-refractivity contribution >= 4 is 41.5 Å². The van der Waals surface area contributed by atoms with Crippen LogP contribution in [-0.4, -0.2) is 24.0 Å². The molecular weight excluding hydrogens is 411 g/mol. The first-order chi connectivity index (χ1) is 10.2. The van der Waals surface area contributed by atoms with Gasteiger partial charge >= 0.3 is 0 Å². The van der Waals surface area contributed by atoms with Crippen LogP contribution >= 0.6 is 35.6 Å². The number of rotatable bonds is 6. The van der Waals surface area contributed by atoms with E-state index in [4.69, 9.17) is 17.3 Å². The minimum absolute atomic E-state index is 0. The average molecular weight is 431 g/mol. The number of hydrogen-bond acceptors (Lipinski definition) is 2. The third kappa shape index (κ3) is 7.09. The van der Waals surface area contributed by atoms with Crippen molar-refractivity contribution in [3.63, 3.8) is 0 Å². The number of pyridine rings is 1. The average Bonchev–Trinajstić information content (AvgIpc) is 2.48. The second-order valence-corrected chi connectivity index (χ2v) is 5.08. The quantitative estimate of drug-likeness (QED) is 0.421. The first-order valence-electron chi connectivity index (χ1n) is 6.92. The molecule has 0 spiro atoms. The van der Waals surface area contributed by atoms with Crippen molar-refractivity contribution in [1.82, 2.24) is 10.3 Å². The smallest absolute Gasteiger partial charge is 0.188 e. The molecule has 2 aromatic rings. The fraction of sp³-hybridized carbons (Fsp3) is 0.250. The number of nitrogens with one attached hydrogen (secondary N) is 1. The van der Waals surface area contributed by atoms with E-state index in [0.29, 0.717) is 12.5 Å². The van der Waals surface area contributed by atoms with Gasteiger partial charge in [0.1, 0.15) is 0 Å². The van der Waals surface area contributed by atoms with Gasteiger partial charge in [-0.05, 0) is 36.2 Å². The third-order valence-corrected chi connectivity index (χ3v) is 3.22. The van der Waals surface area contributed by atoms with Gasteiger partial charge < -0.3 is 11.1 Å². The van der Waals surface area contributed by atoms with Gasteiger partial charge in [0.2, 0.25) is 0 Å². The summed E-state index contributed by atoms with van der Waals surface area (Å²) in [7, 11) is 0. The van der Waals surface area contributed by atoms with E-state index in [1.807, 2.05) is 42.5 Å². The maximum absolute atomic E-state index is 5.94. The van der Waals surface area contributed by atoms with Crippen LogP contribution in [0.4, 0.5) is 0 Å². The zero-order valence-corrected chi connectivity index (χ0v) is 15.3. The molecule has 0 saturated carbocycles. The van der Waals surface area contributed by atoms with Crippen molar-refractivity contribution in [3.8, 4) is 0 Å². The molecule has 0 radical (unpaired) electrons. The molecule has 0 aliphatic carbocycles. The molecule has 0 saturated heterocycles. The molecule has 0 fully saturated rings. The topological polar surface area (TPSA) is 63.3 Å². The van der Waals surface area contributed by atoms with E-state index >= 15 is 0 Å². The molecule has 0 unspecified atom stereocenters. The zero-order valence-electron chi connectivity index (χ0n) is 12.2. The largest absolute Gasteiger partial charge is 0.370 e. The minimum atomic E-state index is 0. The number of guanidine groups is 1.